The Labute approximate surface area is 117 Å². The summed E-state index contributed by atoms with van der Waals surface area (Å²) in [5.41, 5.74) is 0.115. The SMILES string of the molecule is CC(C)NCc1cnccc1OC(C(F)(F)F)C(F)(F)F. The van der Waals surface area contributed by atoms with Crippen molar-refractivity contribution in [1.29, 1.82) is 0 Å². The molecule has 0 saturated carbocycles. The molecule has 120 valence electrons. The maximum atomic E-state index is 12.5. The number of rotatable bonds is 5. The van der Waals surface area contributed by atoms with E-state index in [2.05, 4.69) is 15.0 Å². The van der Waals surface area contributed by atoms with Gasteiger partial charge >= 0.3 is 12.4 Å². The van der Waals surface area contributed by atoms with Crippen LogP contribution in [0.15, 0.2) is 18.5 Å². The van der Waals surface area contributed by atoms with Crippen LogP contribution in [-0.2, 0) is 6.54 Å². The Kier molecular flexibility index (Phi) is 5.43. The van der Waals surface area contributed by atoms with Crippen molar-refractivity contribution in [2.24, 2.45) is 0 Å². The minimum absolute atomic E-state index is 0.000847. The minimum atomic E-state index is -5.55. The van der Waals surface area contributed by atoms with E-state index in [-0.39, 0.29) is 18.2 Å². The van der Waals surface area contributed by atoms with Gasteiger partial charge in [0.15, 0.2) is 0 Å². The molecule has 1 rings (SSSR count). The summed E-state index contributed by atoms with van der Waals surface area (Å²) in [5.74, 6) is -0.502. The number of nitrogens with zero attached hydrogens (tertiary/aromatic N) is 1. The molecule has 0 aliphatic heterocycles. The average Bonchev–Trinajstić information content (AvgIpc) is 2.31. The van der Waals surface area contributed by atoms with Crippen LogP contribution in [0.4, 0.5) is 26.3 Å². The second-order valence-electron chi connectivity index (χ2n) is 4.60. The fraction of sp³-hybridized carbons (Fsp3) is 0.583. The fourth-order valence-electron chi connectivity index (χ4n) is 1.42. The molecule has 0 radical (unpaired) electrons. The maximum Gasteiger partial charge on any atom is 0.434 e. The summed E-state index contributed by atoms with van der Waals surface area (Å²) in [4.78, 5) is 3.67. The van der Waals surface area contributed by atoms with Crippen molar-refractivity contribution in [3.8, 4) is 5.75 Å². The number of nitrogens with one attached hydrogen (secondary N) is 1. The van der Waals surface area contributed by atoms with Crippen LogP contribution >= 0.6 is 0 Å². The molecule has 0 atom stereocenters. The highest BCUT2D eigenvalue weighted by molar-refractivity contribution is 5.30. The van der Waals surface area contributed by atoms with Gasteiger partial charge < -0.3 is 10.1 Å². The number of pyridine rings is 1. The molecule has 1 aromatic rings. The molecule has 0 amide bonds. The lowest BCUT2D eigenvalue weighted by atomic mass is 10.2. The van der Waals surface area contributed by atoms with Crippen molar-refractivity contribution < 1.29 is 31.1 Å². The van der Waals surface area contributed by atoms with Crippen molar-refractivity contribution >= 4 is 0 Å². The highest BCUT2D eigenvalue weighted by Gasteiger charge is 2.59. The topological polar surface area (TPSA) is 34.2 Å². The zero-order valence-corrected chi connectivity index (χ0v) is 11.2. The van der Waals surface area contributed by atoms with Crippen molar-refractivity contribution in [1.82, 2.24) is 10.3 Å². The minimum Gasteiger partial charge on any atom is -0.471 e. The van der Waals surface area contributed by atoms with Gasteiger partial charge in [-0.3, -0.25) is 4.98 Å². The van der Waals surface area contributed by atoms with E-state index in [1.807, 2.05) is 0 Å². The Balaban J connectivity index is 2.99. The molecule has 0 saturated heterocycles. The number of alkyl halides is 6. The largest absolute Gasteiger partial charge is 0.471 e. The molecule has 9 heteroatoms. The molecule has 0 aliphatic rings. The molecule has 0 aliphatic carbocycles. The monoisotopic (exact) mass is 316 g/mol. The molecule has 1 heterocycles. The highest BCUT2D eigenvalue weighted by atomic mass is 19.4. The van der Waals surface area contributed by atoms with Gasteiger partial charge in [0.25, 0.3) is 6.10 Å². The van der Waals surface area contributed by atoms with Crippen LogP contribution in [0.5, 0.6) is 5.75 Å². The first-order valence-electron chi connectivity index (χ1n) is 5.98. The van der Waals surface area contributed by atoms with E-state index in [4.69, 9.17) is 0 Å². The predicted octanol–water partition coefficient (Wildman–Crippen LogP) is 3.45. The van der Waals surface area contributed by atoms with E-state index in [9.17, 15) is 26.3 Å². The van der Waals surface area contributed by atoms with Crippen LogP contribution in [-0.4, -0.2) is 29.5 Å². The molecule has 0 unspecified atom stereocenters. The molecule has 0 aromatic carbocycles. The Bertz CT molecular complexity index is 444. The van der Waals surface area contributed by atoms with Gasteiger partial charge in [0.05, 0.1) is 0 Å². The zero-order valence-electron chi connectivity index (χ0n) is 11.2. The molecule has 21 heavy (non-hydrogen) atoms. The third kappa shape index (κ3) is 5.41. The summed E-state index contributed by atoms with van der Waals surface area (Å²) in [6.45, 7) is 3.61. The Morgan fingerprint density at radius 1 is 1.14 bits per heavy atom. The Hall–Kier alpha value is -1.51. The second kappa shape index (κ2) is 6.50. The van der Waals surface area contributed by atoms with Gasteiger partial charge in [-0.2, -0.15) is 26.3 Å². The van der Waals surface area contributed by atoms with Gasteiger partial charge in [0.2, 0.25) is 0 Å². The Morgan fingerprint density at radius 2 is 1.71 bits per heavy atom. The van der Waals surface area contributed by atoms with Crippen molar-refractivity contribution in [2.75, 3.05) is 0 Å². The summed E-state index contributed by atoms with van der Waals surface area (Å²) < 4.78 is 79.0. The van der Waals surface area contributed by atoms with E-state index in [1.54, 1.807) is 13.8 Å². The van der Waals surface area contributed by atoms with E-state index in [0.29, 0.717) is 0 Å². The van der Waals surface area contributed by atoms with Gasteiger partial charge in [-0.05, 0) is 6.07 Å². The first-order valence-corrected chi connectivity index (χ1v) is 5.98. The molecular weight excluding hydrogens is 302 g/mol. The number of aromatic nitrogens is 1. The highest BCUT2D eigenvalue weighted by Crippen LogP contribution is 2.37. The van der Waals surface area contributed by atoms with Gasteiger partial charge in [0, 0.05) is 30.5 Å². The normalized spacial score (nSPS) is 13.0. The van der Waals surface area contributed by atoms with Crippen molar-refractivity contribution in [3.05, 3.63) is 24.0 Å². The first-order chi connectivity index (χ1) is 9.51. The quantitative estimate of drug-likeness (QED) is 0.845. The van der Waals surface area contributed by atoms with Gasteiger partial charge in [-0.25, -0.2) is 0 Å². The number of ether oxygens (including phenoxy) is 1. The molecule has 0 bridgehead atoms. The van der Waals surface area contributed by atoms with E-state index >= 15 is 0 Å². The van der Waals surface area contributed by atoms with E-state index < -0.39 is 24.2 Å². The summed E-state index contributed by atoms with van der Waals surface area (Å²) >= 11 is 0. The van der Waals surface area contributed by atoms with Crippen LogP contribution < -0.4 is 10.1 Å². The maximum absolute atomic E-state index is 12.5. The van der Waals surface area contributed by atoms with Gasteiger partial charge in [-0.1, -0.05) is 13.8 Å². The van der Waals surface area contributed by atoms with E-state index in [1.165, 1.54) is 0 Å². The lowest BCUT2D eigenvalue weighted by Crippen LogP contribution is -2.46. The third-order valence-corrected chi connectivity index (χ3v) is 2.40. The zero-order chi connectivity index (χ0) is 16.3. The molecule has 1 N–H and O–H groups in total. The number of hydrogen-bond acceptors (Lipinski definition) is 3. The number of halogens is 6. The Morgan fingerprint density at radius 3 is 2.19 bits per heavy atom. The fourth-order valence-corrected chi connectivity index (χ4v) is 1.42. The van der Waals surface area contributed by atoms with Crippen LogP contribution in [0.25, 0.3) is 0 Å². The van der Waals surface area contributed by atoms with Crippen molar-refractivity contribution in [2.45, 2.75) is 44.9 Å². The summed E-state index contributed by atoms with van der Waals surface area (Å²) in [6, 6.07) is 0.973. The number of hydrogen-bond donors (Lipinski definition) is 1. The average molecular weight is 316 g/mol. The molecule has 0 spiro atoms. The van der Waals surface area contributed by atoms with Crippen molar-refractivity contribution in [3.63, 3.8) is 0 Å². The van der Waals surface area contributed by atoms with Crippen LogP contribution in [0, 0.1) is 0 Å². The lowest BCUT2D eigenvalue weighted by molar-refractivity contribution is -0.300. The first kappa shape index (κ1) is 17.5. The summed E-state index contributed by atoms with van der Waals surface area (Å²) in [7, 11) is 0. The molecular formula is C12H14F6N2O. The van der Waals surface area contributed by atoms with Gasteiger partial charge in [-0.15, -0.1) is 0 Å². The summed E-state index contributed by atoms with van der Waals surface area (Å²) in [6.07, 6.45) is -12.7. The third-order valence-electron chi connectivity index (χ3n) is 2.40. The lowest BCUT2D eigenvalue weighted by Gasteiger charge is -2.25. The van der Waals surface area contributed by atoms with Gasteiger partial charge in [0.1, 0.15) is 5.75 Å². The van der Waals surface area contributed by atoms with Crippen LogP contribution in [0.3, 0.4) is 0 Å². The molecule has 0 fully saturated rings. The van der Waals surface area contributed by atoms with E-state index in [0.717, 1.165) is 18.5 Å². The standard InChI is InChI=1S/C12H14F6N2O/c1-7(2)20-6-8-5-19-4-3-9(8)21-10(11(13,14)15)12(16,17)18/h3-5,7,10,20H,6H2,1-2H3. The molecule has 3 nitrogen and oxygen atoms in total. The van der Waals surface area contributed by atoms with Crippen LogP contribution in [0.2, 0.25) is 0 Å². The predicted molar refractivity (Wildman–Crippen MR) is 62.7 cm³/mol. The molecule has 1 aromatic heterocycles. The summed E-state index contributed by atoms with van der Waals surface area (Å²) in [5, 5.41) is 2.87. The van der Waals surface area contributed by atoms with Crippen LogP contribution in [0.1, 0.15) is 19.4 Å². The smallest absolute Gasteiger partial charge is 0.434 e. The second-order valence-corrected chi connectivity index (χ2v) is 4.60.